The van der Waals surface area contributed by atoms with Gasteiger partial charge in [0.05, 0.1) is 0 Å². The van der Waals surface area contributed by atoms with E-state index in [0.717, 1.165) is 35.8 Å². The first-order valence-corrected chi connectivity index (χ1v) is 11.4. The van der Waals surface area contributed by atoms with Crippen LogP contribution in [-0.2, 0) is 10.5 Å². The van der Waals surface area contributed by atoms with Gasteiger partial charge in [-0.05, 0) is 85.5 Å². The molecular formula is C23H31NOS. The molecule has 0 radical (unpaired) electrons. The molecule has 0 aliphatic heterocycles. The maximum Gasteiger partial charge on any atom is 0.207 e. The summed E-state index contributed by atoms with van der Waals surface area (Å²) in [7, 11) is 0. The number of amides is 1. The minimum atomic E-state index is 0.533. The molecule has 0 aromatic heterocycles. The van der Waals surface area contributed by atoms with Gasteiger partial charge in [0.15, 0.2) is 0 Å². The van der Waals surface area contributed by atoms with E-state index in [-0.39, 0.29) is 0 Å². The van der Waals surface area contributed by atoms with Crippen molar-refractivity contribution >= 4 is 18.2 Å². The Hall–Kier alpha value is -1.22. The van der Waals surface area contributed by atoms with Gasteiger partial charge in [-0.25, -0.2) is 0 Å². The van der Waals surface area contributed by atoms with Crippen LogP contribution in [0.3, 0.4) is 0 Å². The van der Waals surface area contributed by atoms with Gasteiger partial charge in [-0.2, -0.15) is 0 Å². The Morgan fingerprint density at radius 3 is 2.27 bits per heavy atom. The summed E-state index contributed by atoms with van der Waals surface area (Å²) in [6, 6.07) is 11.2. The fraction of sp³-hybridized carbons (Fsp3) is 0.609. The summed E-state index contributed by atoms with van der Waals surface area (Å²) in [5, 5.41) is 3.05. The average Bonchev–Trinajstić information content (AvgIpc) is 3.18. The van der Waals surface area contributed by atoms with Crippen molar-refractivity contribution in [3.05, 3.63) is 46.9 Å². The highest BCUT2D eigenvalue weighted by Crippen LogP contribution is 2.53. The van der Waals surface area contributed by atoms with Crippen molar-refractivity contribution < 1.29 is 4.79 Å². The SMILES string of the molecule is C1=C(SCc2ccccc2)CCC1.O=CNC1C2CC3CC(C2)CC1C3. The molecule has 26 heavy (non-hydrogen) atoms. The number of benzene rings is 1. The lowest BCUT2D eigenvalue weighted by atomic mass is 9.54. The van der Waals surface area contributed by atoms with E-state index in [1.54, 1.807) is 4.91 Å². The second-order valence-corrected chi connectivity index (χ2v) is 9.68. The molecule has 2 nitrogen and oxygen atoms in total. The molecule has 6 rings (SSSR count). The third kappa shape index (κ3) is 4.36. The Labute approximate surface area is 162 Å². The van der Waals surface area contributed by atoms with Crippen LogP contribution in [-0.4, -0.2) is 12.5 Å². The quantitative estimate of drug-likeness (QED) is 0.690. The van der Waals surface area contributed by atoms with Crippen LogP contribution in [0.1, 0.15) is 56.9 Å². The topological polar surface area (TPSA) is 29.1 Å². The predicted molar refractivity (Wildman–Crippen MR) is 110 cm³/mol. The first-order chi connectivity index (χ1) is 12.8. The van der Waals surface area contributed by atoms with Crippen LogP contribution in [0.4, 0.5) is 0 Å². The largest absolute Gasteiger partial charge is 0.355 e. The fourth-order valence-electron chi connectivity index (χ4n) is 5.80. The highest BCUT2D eigenvalue weighted by molar-refractivity contribution is 8.02. The molecular weight excluding hydrogens is 338 g/mol. The lowest BCUT2D eigenvalue weighted by Crippen LogP contribution is -2.54. The van der Waals surface area contributed by atoms with Crippen molar-refractivity contribution in [2.45, 2.75) is 63.2 Å². The zero-order valence-corrected chi connectivity index (χ0v) is 16.4. The number of nitrogens with one attached hydrogen (secondary N) is 1. The van der Waals surface area contributed by atoms with Crippen LogP contribution in [0.5, 0.6) is 0 Å². The van der Waals surface area contributed by atoms with Crippen molar-refractivity contribution in [2.24, 2.45) is 23.7 Å². The highest BCUT2D eigenvalue weighted by atomic mass is 32.2. The van der Waals surface area contributed by atoms with E-state index in [0.29, 0.717) is 6.04 Å². The first-order valence-electron chi connectivity index (χ1n) is 10.4. The normalized spacial score (nSPS) is 34.0. The summed E-state index contributed by atoms with van der Waals surface area (Å²) in [5.74, 6) is 4.79. The molecule has 1 N–H and O–H groups in total. The molecule has 140 valence electrons. The molecule has 4 saturated carbocycles. The second kappa shape index (κ2) is 8.65. The molecule has 1 aromatic carbocycles. The Morgan fingerprint density at radius 2 is 1.69 bits per heavy atom. The minimum absolute atomic E-state index is 0.533. The van der Waals surface area contributed by atoms with Gasteiger partial charge in [0, 0.05) is 11.8 Å². The molecule has 0 heterocycles. The smallest absolute Gasteiger partial charge is 0.207 e. The molecule has 1 amide bonds. The summed E-state index contributed by atoms with van der Waals surface area (Å²) in [5.41, 5.74) is 1.43. The van der Waals surface area contributed by atoms with Crippen LogP contribution < -0.4 is 5.32 Å². The number of allylic oxidation sites excluding steroid dienone is 2. The van der Waals surface area contributed by atoms with Gasteiger partial charge < -0.3 is 5.32 Å². The maximum atomic E-state index is 10.5. The number of carbonyl (C=O) groups is 1. The monoisotopic (exact) mass is 369 g/mol. The summed E-state index contributed by atoms with van der Waals surface area (Å²) in [6.07, 6.45) is 14.3. The predicted octanol–water partition coefficient (Wildman–Crippen LogP) is 5.54. The minimum Gasteiger partial charge on any atom is -0.355 e. The van der Waals surface area contributed by atoms with E-state index in [1.165, 1.54) is 56.9 Å². The lowest BCUT2D eigenvalue weighted by Gasteiger charge is -2.54. The number of hydrogen-bond acceptors (Lipinski definition) is 2. The van der Waals surface area contributed by atoms with Gasteiger partial charge in [0.2, 0.25) is 6.41 Å². The molecule has 5 aliphatic carbocycles. The van der Waals surface area contributed by atoms with Crippen molar-refractivity contribution in [3.8, 4) is 0 Å². The van der Waals surface area contributed by atoms with Gasteiger partial charge >= 0.3 is 0 Å². The van der Waals surface area contributed by atoms with Crippen molar-refractivity contribution in [1.29, 1.82) is 0 Å². The zero-order chi connectivity index (χ0) is 17.8. The van der Waals surface area contributed by atoms with Gasteiger partial charge in [-0.1, -0.05) is 36.4 Å². The van der Waals surface area contributed by atoms with E-state index in [1.807, 2.05) is 11.8 Å². The first kappa shape index (κ1) is 18.2. The summed E-state index contributed by atoms with van der Waals surface area (Å²) >= 11 is 2.00. The molecule has 0 saturated heterocycles. The standard InChI is InChI=1S/C12H14S.C11H17NO/c1-2-6-11(7-3-1)10-13-12-8-4-5-9-12;13-6-12-11-9-2-7-1-8(4-9)5-10(11)3-7/h1-3,6-8H,4-5,9-10H2;6-11H,1-5H2,(H,12,13). The second-order valence-electron chi connectivity index (χ2n) is 8.58. The van der Waals surface area contributed by atoms with Crippen LogP contribution in [0.25, 0.3) is 0 Å². The van der Waals surface area contributed by atoms with Crippen LogP contribution in [0.2, 0.25) is 0 Å². The van der Waals surface area contributed by atoms with Crippen LogP contribution >= 0.6 is 11.8 Å². The van der Waals surface area contributed by atoms with E-state index < -0.39 is 0 Å². The maximum absolute atomic E-state index is 10.5. The molecule has 5 aliphatic rings. The van der Waals surface area contributed by atoms with Gasteiger partial charge in [0.1, 0.15) is 0 Å². The van der Waals surface area contributed by atoms with Crippen LogP contribution in [0.15, 0.2) is 41.3 Å². The van der Waals surface area contributed by atoms with Crippen molar-refractivity contribution in [1.82, 2.24) is 5.32 Å². The molecule has 1 aromatic rings. The highest BCUT2D eigenvalue weighted by Gasteiger charge is 2.47. The number of carbonyl (C=O) groups excluding carboxylic acids is 1. The number of hydrogen-bond donors (Lipinski definition) is 1. The third-order valence-corrected chi connectivity index (χ3v) is 7.97. The Balaban J connectivity index is 0.000000129. The van der Waals surface area contributed by atoms with Crippen molar-refractivity contribution in [2.75, 3.05) is 0 Å². The summed E-state index contributed by atoms with van der Waals surface area (Å²) in [6.45, 7) is 0. The number of rotatable bonds is 5. The average molecular weight is 370 g/mol. The fourth-order valence-corrected chi connectivity index (χ4v) is 6.87. The van der Waals surface area contributed by atoms with E-state index >= 15 is 0 Å². The van der Waals surface area contributed by atoms with E-state index in [9.17, 15) is 4.79 Å². The Kier molecular flexibility index (Phi) is 6.04. The molecule has 4 fully saturated rings. The lowest BCUT2D eigenvalue weighted by molar-refractivity contribution is -0.113. The Morgan fingerprint density at radius 1 is 1.00 bits per heavy atom. The van der Waals surface area contributed by atoms with Gasteiger partial charge in [0.25, 0.3) is 0 Å². The van der Waals surface area contributed by atoms with E-state index in [2.05, 4.69) is 41.7 Å². The van der Waals surface area contributed by atoms with Crippen molar-refractivity contribution in [3.63, 3.8) is 0 Å². The molecule has 3 heteroatoms. The summed E-state index contributed by atoms with van der Waals surface area (Å²) in [4.78, 5) is 12.1. The van der Waals surface area contributed by atoms with Gasteiger partial charge in [-0.3, -0.25) is 4.79 Å². The molecule has 4 bridgehead atoms. The molecule has 0 unspecified atom stereocenters. The Bertz CT molecular complexity index is 598. The zero-order valence-electron chi connectivity index (χ0n) is 15.6. The van der Waals surface area contributed by atoms with Gasteiger partial charge in [-0.15, -0.1) is 11.8 Å². The molecule has 0 atom stereocenters. The van der Waals surface area contributed by atoms with Crippen LogP contribution in [0, 0.1) is 23.7 Å². The summed E-state index contributed by atoms with van der Waals surface area (Å²) < 4.78 is 0. The third-order valence-electron chi connectivity index (χ3n) is 6.75. The number of thioether (sulfide) groups is 1. The molecule has 0 spiro atoms. The van der Waals surface area contributed by atoms with E-state index in [4.69, 9.17) is 0 Å².